The second kappa shape index (κ2) is 22.2. The Morgan fingerprint density at radius 1 is 0.644 bits per heavy atom. The number of rotatable bonds is 12. The van der Waals surface area contributed by atoms with E-state index in [4.69, 9.17) is 29.1 Å². The number of anilines is 2. The van der Waals surface area contributed by atoms with Crippen molar-refractivity contribution in [2.45, 2.75) is 130 Å². The van der Waals surface area contributed by atoms with Crippen LogP contribution in [0.5, 0.6) is 11.5 Å². The van der Waals surface area contributed by atoms with Crippen molar-refractivity contribution in [1.82, 2.24) is 19.6 Å². The molecule has 73 heavy (non-hydrogen) atoms. The summed E-state index contributed by atoms with van der Waals surface area (Å²) in [6.07, 6.45) is 11.9. The fourth-order valence-electron chi connectivity index (χ4n) is 10.8. The maximum absolute atomic E-state index is 11.7. The number of ether oxygens (including phenoxy) is 4. The van der Waals surface area contributed by atoms with E-state index in [1.807, 2.05) is 85.6 Å². The number of nitrogens with one attached hydrogen (secondary N) is 1. The molecule has 16 nitrogen and oxygen atoms in total. The third-order valence-corrected chi connectivity index (χ3v) is 15.0. The van der Waals surface area contributed by atoms with Crippen LogP contribution in [0, 0.1) is 61.8 Å². The van der Waals surface area contributed by atoms with E-state index < -0.39 is 11.2 Å². The molecule has 6 aromatic rings. The zero-order valence-corrected chi connectivity index (χ0v) is 46.0. The van der Waals surface area contributed by atoms with E-state index in [0.29, 0.717) is 48.2 Å². The molecule has 1 N–H and O–H groups in total. The Morgan fingerprint density at radius 3 is 1.52 bits per heavy atom. The molecule has 2 fully saturated rings. The molecule has 388 valence electrons. The minimum absolute atomic E-state index is 0.0340. The average Bonchev–Trinajstić information content (AvgIpc) is 4.22. The quantitative estimate of drug-likeness (QED) is 0.0532. The molecule has 4 aliphatic heterocycles. The minimum Gasteiger partial charge on any atom is -0.485 e. The van der Waals surface area contributed by atoms with Gasteiger partial charge in [-0.05, 0) is 135 Å². The van der Waals surface area contributed by atoms with Gasteiger partial charge in [0, 0.05) is 113 Å². The molecule has 0 spiro atoms. The van der Waals surface area contributed by atoms with Crippen LogP contribution in [0.3, 0.4) is 0 Å². The van der Waals surface area contributed by atoms with Crippen molar-refractivity contribution < 1.29 is 28.8 Å². The highest BCUT2D eigenvalue weighted by molar-refractivity contribution is 14.1. The number of nitro groups is 2. The van der Waals surface area contributed by atoms with Gasteiger partial charge in [0.1, 0.15) is 35.2 Å². The van der Waals surface area contributed by atoms with E-state index in [1.165, 1.54) is 12.8 Å². The number of benzene rings is 4. The first-order chi connectivity index (χ1) is 34.9. The van der Waals surface area contributed by atoms with Crippen LogP contribution in [0.1, 0.15) is 109 Å². The van der Waals surface area contributed by atoms with Gasteiger partial charge in [0.25, 0.3) is 11.4 Å². The number of alkyl halides is 1. The summed E-state index contributed by atoms with van der Waals surface area (Å²) in [4.78, 5) is 26.9. The van der Waals surface area contributed by atoms with Gasteiger partial charge in [-0.15, -0.1) is 0 Å². The van der Waals surface area contributed by atoms with Crippen LogP contribution in [0.15, 0.2) is 73.1 Å². The molecule has 4 atom stereocenters. The summed E-state index contributed by atoms with van der Waals surface area (Å²) in [6, 6.07) is 20.6. The molecule has 0 radical (unpaired) electrons. The first-order valence-electron chi connectivity index (χ1n) is 25.2. The average molecular weight is 1110 g/mol. The van der Waals surface area contributed by atoms with Crippen molar-refractivity contribution in [3.8, 4) is 34.0 Å². The summed E-state index contributed by atoms with van der Waals surface area (Å²) in [5, 5.41) is 36.3. The summed E-state index contributed by atoms with van der Waals surface area (Å²) < 4.78 is 28.4. The van der Waals surface area contributed by atoms with Crippen molar-refractivity contribution in [2.75, 3.05) is 48.5 Å². The van der Waals surface area contributed by atoms with Gasteiger partial charge in [0.2, 0.25) is 0 Å². The number of aromatic nitrogens is 4. The molecule has 2 aromatic heterocycles. The fourth-order valence-corrected chi connectivity index (χ4v) is 10.8. The first-order valence-corrected chi connectivity index (χ1v) is 27.4. The first kappa shape index (κ1) is 53.2. The number of likely N-dealkylation sites (N-methyl/N-ethyl adjacent to an activating group) is 1. The van der Waals surface area contributed by atoms with Crippen LogP contribution in [-0.4, -0.2) is 78.9 Å². The molecule has 4 aromatic carbocycles. The van der Waals surface area contributed by atoms with Gasteiger partial charge in [0.15, 0.2) is 0 Å². The van der Waals surface area contributed by atoms with Crippen molar-refractivity contribution in [2.24, 2.45) is 0 Å². The van der Waals surface area contributed by atoms with Gasteiger partial charge in [-0.2, -0.15) is 10.2 Å². The molecule has 0 aliphatic carbocycles. The molecular weight excluding hydrogens is 1040 g/mol. The van der Waals surface area contributed by atoms with Crippen LogP contribution >= 0.6 is 22.6 Å². The van der Waals surface area contributed by atoms with Gasteiger partial charge in [-0.3, -0.25) is 20.2 Å². The van der Waals surface area contributed by atoms with Crippen molar-refractivity contribution in [3.63, 3.8) is 0 Å². The number of fused-ring (bicyclic) bond motifs is 2. The monoisotopic (exact) mass is 1110 g/mol. The maximum Gasteiger partial charge on any atom is 0.275 e. The number of halogens is 1. The lowest BCUT2D eigenvalue weighted by Crippen LogP contribution is -2.43. The number of nitrogens with zero attached hydrogens (tertiary/aromatic N) is 7. The highest BCUT2D eigenvalue weighted by Gasteiger charge is 2.42. The fraction of sp³-hybridized carbons (Fsp3) is 0.464. The summed E-state index contributed by atoms with van der Waals surface area (Å²) >= 11 is 2.15. The maximum atomic E-state index is 11.7. The summed E-state index contributed by atoms with van der Waals surface area (Å²) in [6.45, 7) is 18.0. The van der Waals surface area contributed by atoms with Gasteiger partial charge < -0.3 is 29.2 Å². The molecule has 17 heteroatoms. The zero-order valence-electron chi connectivity index (χ0n) is 43.8. The lowest BCUT2D eigenvalue weighted by atomic mass is 9.91. The van der Waals surface area contributed by atoms with E-state index >= 15 is 0 Å². The second-order valence-electron chi connectivity index (χ2n) is 20.4. The number of hydrogen-bond acceptors (Lipinski definition) is 12. The van der Waals surface area contributed by atoms with Crippen LogP contribution in [0.4, 0.5) is 22.7 Å². The Bertz CT molecular complexity index is 2960. The van der Waals surface area contributed by atoms with Gasteiger partial charge in [-0.1, -0.05) is 46.9 Å². The third-order valence-electron chi connectivity index (χ3n) is 15.0. The topological polar surface area (TPSA) is 174 Å². The molecule has 4 aliphatic rings. The van der Waals surface area contributed by atoms with E-state index in [1.54, 1.807) is 13.8 Å². The van der Waals surface area contributed by atoms with E-state index in [2.05, 4.69) is 83.2 Å². The van der Waals surface area contributed by atoms with Gasteiger partial charge in [0.05, 0.1) is 34.3 Å². The standard InChI is InChI=1S/C28H34N4O4.C27H32N4O4.CH3I/c1-18-19(2)27-23(20(3)26(18)32(33)34)16-28(4,36-27)17-30(5)22-11-9-21(10-12-22)24-13-14-31(29-24)25-8-6-7-15-35-25;1-17-18(2)26-22(19(3)25(17)31(32)33)15-27(4,35-26)16-28-21-10-8-20(9-11-21)23-12-13-30(29-23)24-7-5-6-14-34-24;1-2/h9-14,25H,6-8,15-17H2,1-5H3;8-13,24,28H,5-7,14-16H2,1-4H3;1H3. The summed E-state index contributed by atoms with van der Waals surface area (Å²) in [7, 11) is 2.05. The van der Waals surface area contributed by atoms with Gasteiger partial charge >= 0.3 is 0 Å². The third kappa shape index (κ3) is 11.2. The second-order valence-corrected chi connectivity index (χ2v) is 20.4. The van der Waals surface area contributed by atoms with Gasteiger partial charge in [-0.25, -0.2) is 9.36 Å². The molecule has 0 saturated carbocycles. The Balaban J connectivity index is 0.000000189. The van der Waals surface area contributed by atoms with E-state index in [9.17, 15) is 20.2 Å². The molecular formula is C56H69IN8O8. The molecule has 10 rings (SSSR count). The lowest BCUT2D eigenvalue weighted by Gasteiger charge is -2.31. The Morgan fingerprint density at radius 2 is 1.08 bits per heavy atom. The van der Waals surface area contributed by atoms with Crippen molar-refractivity contribution in [3.05, 3.63) is 138 Å². The van der Waals surface area contributed by atoms with Crippen molar-refractivity contribution in [1.29, 1.82) is 0 Å². The van der Waals surface area contributed by atoms with E-state index in [-0.39, 0.29) is 33.7 Å². The summed E-state index contributed by atoms with van der Waals surface area (Å²) in [5.74, 6) is 1.60. The summed E-state index contributed by atoms with van der Waals surface area (Å²) in [5.41, 5.74) is 11.9. The Labute approximate surface area is 442 Å². The predicted octanol–water partition coefficient (Wildman–Crippen LogP) is 12.9. The number of nitro benzene ring substituents is 2. The largest absolute Gasteiger partial charge is 0.485 e. The smallest absolute Gasteiger partial charge is 0.275 e. The van der Waals surface area contributed by atoms with Crippen LogP contribution in [-0.2, 0) is 22.3 Å². The normalized spacial score (nSPS) is 20.8. The molecule has 0 amide bonds. The van der Waals surface area contributed by atoms with E-state index in [0.717, 1.165) is 107 Å². The minimum atomic E-state index is -0.489. The number of hydrogen-bond donors (Lipinski definition) is 1. The molecule has 2 saturated heterocycles. The molecule has 0 bridgehead atoms. The lowest BCUT2D eigenvalue weighted by molar-refractivity contribution is -0.386. The predicted molar refractivity (Wildman–Crippen MR) is 295 cm³/mol. The van der Waals surface area contributed by atoms with Crippen LogP contribution in [0.25, 0.3) is 22.5 Å². The Hall–Kier alpha value is -6.05. The van der Waals surface area contributed by atoms with Crippen LogP contribution in [0.2, 0.25) is 0 Å². The SMILES string of the molecule is CI.Cc1c(C)c([N+](=O)[O-])c(C)c2c1OC(C)(CN(C)c1ccc(-c3ccn(C4CCCCO4)n3)cc1)C2.Cc1c(C)c([N+](=O)[O-])c(C)c2c1OC(C)(CNc1ccc(-c3ccn(C4CCCCO4)n3)cc1)C2. The van der Waals surface area contributed by atoms with Crippen LogP contribution < -0.4 is 19.7 Å². The van der Waals surface area contributed by atoms with Crippen molar-refractivity contribution >= 4 is 45.3 Å². The zero-order chi connectivity index (χ0) is 52.4. The Kier molecular flexibility index (Phi) is 16.2. The highest BCUT2D eigenvalue weighted by atomic mass is 127. The molecule has 4 unspecified atom stereocenters. The highest BCUT2D eigenvalue weighted by Crippen LogP contribution is 2.47. The molecule has 6 heterocycles.